The zero-order valence-electron chi connectivity index (χ0n) is 9.05. The number of piperidine rings is 1. The van der Waals surface area contributed by atoms with Gasteiger partial charge in [-0.05, 0) is 37.9 Å². The Morgan fingerprint density at radius 3 is 2.56 bits per heavy atom. The number of halogens is 2. The Balaban J connectivity index is 2.15. The molecule has 1 aromatic carbocycles. The average Bonchev–Trinajstić information content (AvgIpc) is 2.29. The van der Waals surface area contributed by atoms with Gasteiger partial charge in [-0.2, -0.15) is 0 Å². The summed E-state index contributed by atoms with van der Waals surface area (Å²) in [5, 5.41) is 3.24. The quantitative estimate of drug-likeness (QED) is 0.809. The van der Waals surface area contributed by atoms with Gasteiger partial charge in [0.05, 0.1) is 0 Å². The lowest BCUT2D eigenvalue weighted by Crippen LogP contribution is -2.34. The van der Waals surface area contributed by atoms with Crippen LogP contribution in [0.15, 0.2) is 18.2 Å². The first-order valence-corrected chi connectivity index (χ1v) is 5.59. The summed E-state index contributed by atoms with van der Waals surface area (Å²) in [5.74, 6) is -0.814. The lowest BCUT2D eigenvalue weighted by molar-refractivity contribution is 0.316. The first-order valence-electron chi connectivity index (χ1n) is 5.59. The van der Waals surface area contributed by atoms with Crippen molar-refractivity contribution in [1.82, 2.24) is 5.32 Å². The van der Waals surface area contributed by atoms with Crippen LogP contribution in [-0.4, -0.2) is 13.1 Å². The van der Waals surface area contributed by atoms with Crippen LogP contribution in [0.5, 0.6) is 0 Å². The van der Waals surface area contributed by atoms with E-state index in [-0.39, 0.29) is 12.0 Å². The molecule has 1 fully saturated rings. The fourth-order valence-electron chi connectivity index (χ4n) is 2.23. The first kappa shape index (κ1) is 11.5. The molecule has 1 heterocycles. The van der Waals surface area contributed by atoms with Crippen molar-refractivity contribution in [2.45, 2.75) is 18.9 Å². The molecule has 0 radical (unpaired) electrons. The normalized spacial score (nSPS) is 19.7. The van der Waals surface area contributed by atoms with E-state index in [2.05, 4.69) is 5.32 Å². The van der Waals surface area contributed by atoms with Gasteiger partial charge in [0, 0.05) is 17.7 Å². The fraction of sp³-hybridized carbons (Fsp3) is 0.500. The Morgan fingerprint density at radius 1 is 1.25 bits per heavy atom. The highest BCUT2D eigenvalue weighted by Gasteiger charge is 2.23. The predicted molar refractivity (Wildman–Crippen MR) is 58.9 cm³/mol. The molecule has 1 aliphatic rings. The Morgan fingerprint density at radius 2 is 1.94 bits per heavy atom. The molecule has 1 saturated heterocycles. The van der Waals surface area contributed by atoms with Gasteiger partial charge in [-0.3, -0.25) is 0 Å². The predicted octanol–water partition coefficient (Wildman–Crippen LogP) is 1.96. The Bertz CT molecular complexity index is 362. The van der Waals surface area contributed by atoms with Gasteiger partial charge in [-0.25, -0.2) is 8.78 Å². The van der Waals surface area contributed by atoms with E-state index < -0.39 is 11.6 Å². The smallest absolute Gasteiger partial charge is 0.130 e. The molecule has 2 rings (SSSR count). The standard InChI is InChI=1S/C12H16F2N2/c13-9-1-2-10(11(14)7-9)12(15)8-3-5-16-6-4-8/h1-2,7-8,12,16H,3-6,15H2. The molecular formula is C12H16F2N2. The van der Waals surface area contributed by atoms with Crippen molar-refractivity contribution in [2.24, 2.45) is 11.7 Å². The average molecular weight is 226 g/mol. The zero-order chi connectivity index (χ0) is 11.5. The van der Waals surface area contributed by atoms with Crippen LogP contribution in [0.3, 0.4) is 0 Å². The number of benzene rings is 1. The maximum atomic E-state index is 13.5. The number of nitrogens with two attached hydrogens (primary N) is 1. The van der Waals surface area contributed by atoms with Crippen LogP contribution in [0.4, 0.5) is 8.78 Å². The lowest BCUT2D eigenvalue weighted by atomic mass is 9.86. The molecular weight excluding hydrogens is 210 g/mol. The third kappa shape index (κ3) is 2.39. The van der Waals surface area contributed by atoms with E-state index in [0.717, 1.165) is 32.0 Å². The molecule has 0 amide bonds. The maximum Gasteiger partial charge on any atom is 0.130 e. The molecule has 16 heavy (non-hydrogen) atoms. The molecule has 3 N–H and O–H groups in total. The van der Waals surface area contributed by atoms with Crippen molar-refractivity contribution in [3.05, 3.63) is 35.4 Å². The van der Waals surface area contributed by atoms with Crippen LogP contribution in [0, 0.1) is 17.6 Å². The largest absolute Gasteiger partial charge is 0.324 e. The van der Waals surface area contributed by atoms with Crippen molar-refractivity contribution in [1.29, 1.82) is 0 Å². The van der Waals surface area contributed by atoms with Crippen LogP contribution in [0.25, 0.3) is 0 Å². The minimum absolute atomic E-state index is 0.279. The Hall–Kier alpha value is -1.00. The van der Waals surface area contributed by atoms with Crippen LogP contribution in [0.1, 0.15) is 24.4 Å². The van der Waals surface area contributed by atoms with Crippen LogP contribution in [-0.2, 0) is 0 Å². The summed E-state index contributed by atoms with van der Waals surface area (Å²) in [6.45, 7) is 1.84. The van der Waals surface area contributed by atoms with Gasteiger partial charge in [0.25, 0.3) is 0 Å². The molecule has 0 bridgehead atoms. The molecule has 1 aromatic rings. The molecule has 88 valence electrons. The summed E-state index contributed by atoms with van der Waals surface area (Å²) in [6.07, 6.45) is 1.88. The molecule has 1 aliphatic heterocycles. The minimum Gasteiger partial charge on any atom is -0.324 e. The Kier molecular flexibility index (Phi) is 3.51. The molecule has 4 heteroatoms. The van der Waals surface area contributed by atoms with E-state index in [1.807, 2.05) is 0 Å². The molecule has 0 aromatic heterocycles. The summed E-state index contributed by atoms with van der Waals surface area (Å²) >= 11 is 0. The summed E-state index contributed by atoms with van der Waals surface area (Å²) in [4.78, 5) is 0. The summed E-state index contributed by atoms with van der Waals surface area (Å²) in [7, 11) is 0. The van der Waals surface area contributed by atoms with Gasteiger partial charge in [0.15, 0.2) is 0 Å². The second-order valence-electron chi connectivity index (χ2n) is 4.28. The van der Waals surface area contributed by atoms with Crippen molar-refractivity contribution in [3.63, 3.8) is 0 Å². The van der Waals surface area contributed by atoms with Gasteiger partial charge in [-0.1, -0.05) is 6.07 Å². The van der Waals surface area contributed by atoms with Gasteiger partial charge in [-0.15, -0.1) is 0 Å². The SMILES string of the molecule is NC(c1ccc(F)cc1F)C1CCNCC1. The van der Waals surface area contributed by atoms with Gasteiger partial charge in [0.2, 0.25) is 0 Å². The molecule has 1 unspecified atom stereocenters. The minimum atomic E-state index is -0.557. The van der Waals surface area contributed by atoms with Crippen molar-refractivity contribution in [3.8, 4) is 0 Å². The number of nitrogens with one attached hydrogen (secondary N) is 1. The van der Waals surface area contributed by atoms with E-state index in [1.165, 1.54) is 12.1 Å². The van der Waals surface area contributed by atoms with Crippen molar-refractivity contribution in [2.75, 3.05) is 13.1 Å². The van der Waals surface area contributed by atoms with E-state index in [0.29, 0.717) is 5.56 Å². The molecule has 0 aliphatic carbocycles. The number of hydrogen-bond acceptors (Lipinski definition) is 2. The van der Waals surface area contributed by atoms with Crippen LogP contribution >= 0.6 is 0 Å². The van der Waals surface area contributed by atoms with Crippen LogP contribution < -0.4 is 11.1 Å². The van der Waals surface area contributed by atoms with Crippen LogP contribution in [0.2, 0.25) is 0 Å². The molecule has 2 nitrogen and oxygen atoms in total. The van der Waals surface area contributed by atoms with Gasteiger partial charge < -0.3 is 11.1 Å². The van der Waals surface area contributed by atoms with Crippen molar-refractivity contribution < 1.29 is 8.78 Å². The van der Waals surface area contributed by atoms with E-state index in [4.69, 9.17) is 5.73 Å². The maximum absolute atomic E-state index is 13.5. The summed E-state index contributed by atoms with van der Waals surface area (Å²) in [6, 6.07) is 3.29. The topological polar surface area (TPSA) is 38.0 Å². The highest BCUT2D eigenvalue weighted by atomic mass is 19.1. The van der Waals surface area contributed by atoms with E-state index in [1.54, 1.807) is 0 Å². The van der Waals surface area contributed by atoms with Gasteiger partial charge in [0.1, 0.15) is 11.6 Å². The second-order valence-corrected chi connectivity index (χ2v) is 4.28. The third-order valence-electron chi connectivity index (χ3n) is 3.21. The highest BCUT2D eigenvalue weighted by Crippen LogP contribution is 2.28. The lowest BCUT2D eigenvalue weighted by Gasteiger charge is -2.28. The summed E-state index contributed by atoms with van der Waals surface area (Å²) < 4.78 is 26.3. The molecule has 0 spiro atoms. The highest BCUT2D eigenvalue weighted by molar-refractivity contribution is 5.22. The van der Waals surface area contributed by atoms with E-state index >= 15 is 0 Å². The van der Waals surface area contributed by atoms with Crippen molar-refractivity contribution >= 4 is 0 Å². The fourth-order valence-corrected chi connectivity index (χ4v) is 2.23. The first-order chi connectivity index (χ1) is 7.68. The second kappa shape index (κ2) is 4.89. The third-order valence-corrected chi connectivity index (χ3v) is 3.21. The van der Waals surface area contributed by atoms with Gasteiger partial charge >= 0.3 is 0 Å². The molecule has 1 atom stereocenters. The Labute approximate surface area is 93.8 Å². The van der Waals surface area contributed by atoms with E-state index in [9.17, 15) is 8.78 Å². The molecule has 0 saturated carbocycles. The number of rotatable bonds is 2. The number of hydrogen-bond donors (Lipinski definition) is 2. The summed E-state index contributed by atoms with van der Waals surface area (Å²) in [5.41, 5.74) is 6.45. The zero-order valence-corrected chi connectivity index (χ0v) is 9.05. The monoisotopic (exact) mass is 226 g/mol.